The molecule has 0 aromatic carbocycles. The van der Waals surface area contributed by atoms with Gasteiger partial charge in [0.2, 0.25) is 0 Å². The van der Waals surface area contributed by atoms with E-state index in [1.807, 2.05) is 0 Å². The van der Waals surface area contributed by atoms with Crippen LogP contribution < -0.4 is 5.73 Å². The molecule has 1 aromatic rings. The fraction of sp³-hybridized carbons (Fsp3) is 0.333. The summed E-state index contributed by atoms with van der Waals surface area (Å²) in [6, 6.07) is 1.69. The third-order valence-electron chi connectivity index (χ3n) is 1.54. The molecule has 0 fully saturated rings. The Morgan fingerprint density at radius 1 is 1.57 bits per heavy atom. The lowest BCUT2D eigenvalue weighted by atomic mass is 10.2. The van der Waals surface area contributed by atoms with Crippen LogP contribution >= 0.6 is 12.4 Å². The first kappa shape index (κ1) is 12.9. The number of aromatic nitrogens is 1. The lowest BCUT2D eigenvalue weighted by Gasteiger charge is -2.02. The molecule has 2 N–H and O–H groups in total. The second kappa shape index (κ2) is 6.34. The Morgan fingerprint density at radius 2 is 2.29 bits per heavy atom. The molecule has 0 bridgehead atoms. The number of esters is 1. The molecule has 1 rings (SSSR count). The van der Waals surface area contributed by atoms with Gasteiger partial charge in [0.05, 0.1) is 12.2 Å². The van der Waals surface area contributed by atoms with Gasteiger partial charge in [-0.15, -0.1) is 12.4 Å². The Morgan fingerprint density at radius 3 is 2.86 bits per heavy atom. The normalized spacial score (nSPS) is 9.00. The zero-order valence-corrected chi connectivity index (χ0v) is 8.71. The topological polar surface area (TPSA) is 65.2 Å². The minimum atomic E-state index is -0.356. The summed E-state index contributed by atoms with van der Waals surface area (Å²) in [6.45, 7) is 2.50. The maximum absolute atomic E-state index is 11.2. The highest BCUT2D eigenvalue weighted by molar-refractivity contribution is 5.89. The zero-order valence-electron chi connectivity index (χ0n) is 7.90. The van der Waals surface area contributed by atoms with Crippen LogP contribution in [0.5, 0.6) is 0 Å². The van der Waals surface area contributed by atoms with Gasteiger partial charge in [-0.2, -0.15) is 0 Å². The van der Waals surface area contributed by atoms with E-state index >= 15 is 0 Å². The van der Waals surface area contributed by atoms with Crippen molar-refractivity contribution in [2.75, 3.05) is 6.61 Å². The van der Waals surface area contributed by atoms with Gasteiger partial charge < -0.3 is 10.5 Å². The van der Waals surface area contributed by atoms with Crippen LogP contribution in [0.3, 0.4) is 0 Å². The summed E-state index contributed by atoms with van der Waals surface area (Å²) in [4.78, 5) is 15.1. The van der Waals surface area contributed by atoms with E-state index in [-0.39, 0.29) is 18.4 Å². The van der Waals surface area contributed by atoms with Crippen molar-refractivity contribution in [2.24, 2.45) is 5.73 Å². The van der Waals surface area contributed by atoms with Gasteiger partial charge in [-0.25, -0.2) is 4.79 Å². The summed E-state index contributed by atoms with van der Waals surface area (Å²) in [5.74, 6) is -0.356. The lowest BCUT2D eigenvalue weighted by molar-refractivity contribution is 0.0525. The van der Waals surface area contributed by atoms with Crippen LogP contribution in [0.15, 0.2) is 18.5 Å². The monoisotopic (exact) mass is 216 g/mol. The molecular weight excluding hydrogens is 204 g/mol. The summed E-state index contributed by atoms with van der Waals surface area (Å²) in [7, 11) is 0. The van der Waals surface area contributed by atoms with Crippen LogP contribution in [0.1, 0.15) is 22.8 Å². The number of rotatable bonds is 3. The zero-order chi connectivity index (χ0) is 9.68. The number of nitrogens with two attached hydrogens (primary N) is 1. The third kappa shape index (κ3) is 3.32. The van der Waals surface area contributed by atoms with E-state index in [9.17, 15) is 4.79 Å². The third-order valence-corrected chi connectivity index (χ3v) is 1.54. The van der Waals surface area contributed by atoms with E-state index in [4.69, 9.17) is 10.5 Å². The first-order valence-corrected chi connectivity index (χ1v) is 4.09. The van der Waals surface area contributed by atoms with Crippen LogP contribution in [0, 0.1) is 0 Å². The highest BCUT2D eigenvalue weighted by Crippen LogP contribution is 2.03. The average Bonchev–Trinajstić information content (AvgIpc) is 2.18. The molecule has 5 heteroatoms. The van der Waals surface area contributed by atoms with Crippen molar-refractivity contribution in [3.05, 3.63) is 29.6 Å². The fourth-order valence-electron chi connectivity index (χ4n) is 0.925. The number of hydrogen-bond acceptors (Lipinski definition) is 4. The molecule has 0 aliphatic carbocycles. The van der Waals surface area contributed by atoms with Crippen LogP contribution in [0.2, 0.25) is 0 Å². The Bertz CT molecular complexity index is 305. The van der Waals surface area contributed by atoms with Crippen LogP contribution in [0.25, 0.3) is 0 Å². The van der Waals surface area contributed by atoms with Crippen LogP contribution in [-0.4, -0.2) is 17.6 Å². The van der Waals surface area contributed by atoms with Crippen molar-refractivity contribution in [3.63, 3.8) is 0 Å². The predicted octanol–water partition coefficient (Wildman–Crippen LogP) is 1.14. The largest absolute Gasteiger partial charge is 0.462 e. The molecule has 0 atom stereocenters. The number of nitrogens with zero attached hydrogens (tertiary/aromatic N) is 1. The van der Waals surface area contributed by atoms with Crippen LogP contribution in [0.4, 0.5) is 0 Å². The highest BCUT2D eigenvalue weighted by Gasteiger charge is 2.06. The Balaban J connectivity index is 0.00000169. The molecule has 0 radical (unpaired) electrons. The smallest absolute Gasteiger partial charge is 0.339 e. The minimum Gasteiger partial charge on any atom is -0.462 e. The predicted molar refractivity (Wildman–Crippen MR) is 55.3 cm³/mol. The lowest BCUT2D eigenvalue weighted by Crippen LogP contribution is -2.07. The standard InChI is InChI=1S/C9H12N2O2.ClH/c1-2-13-9(12)8-3-7(4-10)5-11-6-8;/h3,5-6H,2,4,10H2,1H3;1H. The summed E-state index contributed by atoms with van der Waals surface area (Å²) in [5.41, 5.74) is 6.67. The molecule has 1 heterocycles. The molecule has 78 valence electrons. The number of ether oxygens (including phenoxy) is 1. The van der Waals surface area contributed by atoms with Gasteiger partial charge in [0.15, 0.2) is 0 Å². The SMILES string of the molecule is CCOC(=O)c1cncc(CN)c1.Cl. The molecule has 4 nitrogen and oxygen atoms in total. The average molecular weight is 217 g/mol. The van der Waals surface area contributed by atoms with E-state index < -0.39 is 0 Å². The van der Waals surface area contributed by atoms with Crippen molar-refractivity contribution < 1.29 is 9.53 Å². The molecular formula is C9H13ClN2O2. The summed E-state index contributed by atoms with van der Waals surface area (Å²) >= 11 is 0. The van der Waals surface area contributed by atoms with Crippen molar-refractivity contribution in [1.82, 2.24) is 4.98 Å². The Hall–Kier alpha value is -1.13. The van der Waals surface area contributed by atoms with Gasteiger partial charge >= 0.3 is 5.97 Å². The maximum atomic E-state index is 11.2. The van der Waals surface area contributed by atoms with Crippen LogP contribution in [-0.2, 0) is 11.3 Å². The number of carbonyl (C=O) groups is 1. The molecule has 14 heavy (non-hydrogen) atoms. The molecule has 0 amide bonds. The van der Waals surface area contributed by atoms with E-state index in [2.05, 4.69) is 4.98 Å². The van der Waals surface area contributed by atoms with Gasteiger partial charge in [0.25, 0.3) is 0 Å². The summed E-state index contributed by atoms with van der Waals surface area (Å²) < 4.78 is 4.81. The highest BCUT2D eigenvalue weighted by atomic mass is 35.5. The second-order valence-electron chi connectivity index (χ2n) is 2.51. The molecule has 0 aliphatic rings. The first-order valence-electron chi connectivity index (χ1n) is 4.09. The van der Waals surface area contributed by atoms with Gasteiger partial charge in [0.1, 0.15) is 0 Å². The summed E-state index contributed by atoms with van der Waals surface area (Å²) in [5, 5.41) is 0. The van der Waals surface area contributed by atoms with Crippen molar-refractivity contribution in [3.8, 4) is 0 Å². The molecule has 0 saturated heterocycles. The number of halogens is 1. The van der Waals surface area contributed by atoms with E-state index in [0.29, 0.717) is 18.7 Å². The summed E-state index contributed by atoms with van der Waals surface area (Å²) in [6.07, 6.45) is 3.10. The number of hydrogen-bond donors (Lipinski definition) is 1. The molecule has 0 saturated carbocycles. The maximum Gasteiger partial charge on any atom is 0.339 e. The molecule has 0 unspecified atom stereocenters. The van der Waals surface area contributed by atoms with Gasteiger partial charge in [-0.3, -0.25) is 4.98 Å². The van der Waals surface area contributed by atoms with Crippen molar-refractivity contribution in [1.29, 1.82) is 0 Å². The Kier molecular flexibility index (Phi) is 5.83. The van der Waals surface area contributed by atoms with Gasteiger partial charge in [-0.1, -0.05) is 0 Å². The minimum absolute atomic E-state index is 0. The Labute approximate surface area is 88.9 Å². The quantitative estimate of drug-likeness (QED) is 0.770. The van der Waals surface area contributed by atoms with E-state index in [0.717, 1.165) is 5.56 Å². The number of carbonyl (C=O) groups excluding carboxylic acids is 1. The molecule has 0 spiro atoms. The van der Waals surface area contributed by atoms with E-state index in [1.54, 1.807) is 19.2 Å². The van der Waals surface area contributed by atoms with Gasteiger partial charge in [-0.05, 0) is 18.6 Å². The molecule has 0 aliphatic heterocycles. The first-order chi connectivity index (χ1) is 6.27. The van der Waals surface area contributed by atoms with Crippen molar-refractivity contribution in [2.45, 2.75) is 13.5 Å². The second-order valence-corrected chi connectivity index (χ2v) is 2.51. The van der Waals surface area contributed by atoms with Crippen molar-refractivity contribution >= 4 is 18.4 Å². The fourth-order valence-corrected chi connectivity index (χ4v) is 0.925. The molecule has 1 aromatic heterocycles. The number of pyridine rings is 1. The van der Waals surface area contributed by atoms with E-state index in [1.165, 1.54) is 6.20 Å². The van der Waals surface area contributed by atoms with Gasteiger partial charge in [0, 0.05) is 18.9 Å².